The molecule has 0 bridgehead atoms. The highest BCUT2D eigenvalue weighted by molar-refractivity contribution is 5.43. The van der Waals surface area contributed by atoms with Crippen LogP contribution < -0.4 is 10.6 Å². The van der Waals surface area contributed by atoms with Crippen molar-refractivity contribution in [2.45, 2.75) is 38.6 Å². The van der Waals surface area contributed by atoms with Crippen LogP contribution >= 0.6 is 0 Å². The number of hydrogen-bond donors (Lipinski definition) is 1. The molecule has 0 spiro atoms. The van der Waals surface area contributed by atoms with Crippen molar-refractivity contribution in [2.24, 2.45) is 11.1 Å². The predicted octanol–water partition coefficient (Wildman–Crippen LogP) is 2.13. The van der Waals surface area contributed by atoms with Crippen LogP contribution in [0.1, 0.15) is 38.2 Å². The molecule has 2 N–H and O–H groups in total. The van der Waals surface area contributed by atoms with Crippen molar-refractivity contribution in [3.63, 3.8) is 0 Å². The van der Waals surface area contributed by atoms with Gasteiger partial charge >= 0.3 is 0 Å². The number of hydrogen-bond acceptors (Lipinski definition) is 3. The molecule has 1 aliphatic carbocycles. The van der Waals surface area contributed by atoms with Crippen molar-refractivity contribution in [3.8, 4) is 0 Å². The Kier molecular flexibility index (Phi) is 2.40. The molecular formula is C14H21N3. The summed E-state index contributed by atoms with van der Waals surface area (Å²) in [5, 5.41) is 0. The minimum Gasteiger partial charge on any atom is -0.357 e. The van der Waals surface area contributed by atoms with Crippen LogP contribution in [0.15, 0.2) is 18.3 Å². The van der Waals surface area contributed by atoms with Gasteiger partial charge in [0.05, 0.1) is 0 Å². The number of aromatic nitrogens is 1. The quantitative estimate of drug-likeness (QED) is 0.848. The van der Waals surface area contributed by atoms with Crippen LogP contribution in [-0.2, 0) is 0 Å². The monoisotopic (exact) mass is 231 g/mol. The van der Waals surface area contributed by atoms with E-state index < -0.39 is 0 Å². The molecule has 3 heteroatoms. The molecule has 2 heterocycles. The summed E-state index contributed by atoms with van der Waals surface area (Å²) in [6.07, 6.45) is 4.61. The molecule has 3 rings (SSSR count). The van der Waals surface area contributed by atoms with E-state index in [1.165, 1.54) is 18.4 Å². The standard InChI is InChI=1S/C14H21N3/c1-14(2)12(13(14)15)10-5-6-11(16-9-10)17-7-3-4-8-17/h5-6,9,12-13H,3-4,7-8,15H2,1-2H3/t12-,13-/m0/s1. The third-order valence-corrected chi connectivity index (χ3v) is 4.47. The van der Waals surface area contributed by atoms with Gasteiger partial charge in [0, 0.05) is 31.2 Å². The van der Waals surface area contributed by atoms with E-state index in [0.29, 0.717) is 12.0 Å². The van der Waals surface area contributed by atoms with Gasteiger partial charge in [0.15, 0.2) is 0 Å². The minimum absolute atomic E-state index is 0.247. The molecule has 0 amide bonds. The van der Waals surface area contributed by atoms with E-state index in [1.807, 2.05) is 6.20 Å². The van der Waals surface area contributed by atoms with Gasteiger partial charge in [-0.15, -0.1) is 0 Å². The summed E-state index contributed by atoms with van der Waals surface area (Å²) >= 11 is 0. The SMILES string of the molecule is CC1(C)[C@@H](N)[C@@H]1c1ccc(N2CCCC2)nc1. The highest BCUT2D eigenvalue weighted by Gasteiger charge is 2.56. The highest BCUT2D eigenvalue weighted by Crippen LogP contribution is 2.57. The van der Waals surface area contributed by atoms with Crippen molar-refractivity contribution in [1.29, 1.82) is 0 Å². The summed E-state index contributed by atoms with van der Waals surface area (Å²) in [6, 6.07) is 4.66. The molecule has 0 aromatic carbocycles. The van der Waals surface area contributed by atoms with Crippen LogP contribution in [0.5, 0.6) is 0 Å². The maximum atomic E-state index is 6.10. The van der Waals surface area contributed by atoms with Crippen LogP contribution in [-0.4, -0.2) is 24.1 Å². The Bertz CT molecular complexity index is 404. The highest BCUT2D eigenvalue weighted by atomic mass is 15.2. The average molecular weight is 231 g/mol. The second-order valence-electron chi connectivity index (χ2n) is 5.97. The van der Waals surface area contributed by atoms with E-state index in [9.17, 15) is 0 Å². The molecule has 0 radical (unpaired) electrons. The van der Waals surface area contributed by atoms with Gasteiger partial charge in [0.25, 0.3) is 0 Å². The molecule has 1 aliphatic heterocycles. The molecule has 1 aromatic rings. The Morgan fingerprint density at radius 1 is 1.29 bits per heavy atom. The fourth-order valence-corrected chi connectivity index (χ4v) is 3.03. The van der Waals surface area contributed by atoms with Crippen LogP contribution in [0, 0.1) is 5.41 Å². The Balaban J connectivity index is 1.77. The van der Waals surface area contributed by atoms with E-state index in [4.69, 9.17) is 5.73 Å². The Hall–Kier alpha value is -1.09. The molecule has 3 nitrogen and oxygen atoms in total. The largest absolute Gasteiger partial charge is 0.357 e. The summed E-state index contributed by atoms with van der Waals surface area (Å²) in [7, 11) is 0. The number of rotatable bonds is 2. The van der Waals surface area contributed by atoms with Gasteiger partial charge in [0.2, 0.25) is 0 Å². The lowest BCUT2D eigenvalue weighted by Gasteiger charge is -2.16. The molecular weight excluding hydrogens is 210 g/mol. The molecule has 2 aliphatic rings. The van der Waals surface area contributed by atoms with E-state index in [1.54, 1.807) is 0 Å². The number of nitrogens with zero attached hydrogens (tertiary/aromatic N) is 2. The molecule has 2 atom stereocenters. The summed E-state index contributed by atoms with van der Waals surface area (Å²) < 4.78 is 0. The van der Waals surface area contributed by atoms with E-state index in [0.717, 1.165) is 18.9 Å². The third-order valence-electron chi connectivity index (χ3n) is 4.47. The first-order valence-corrected chi connectivity index (χ1v) is 6.57. The van der Waals surface area contributed by atoms with Crippen molar-refractivity contribution >= 4 is 5.82 Å². The number of anilines is 1. The second kappa shape index (κ2) is 3.70. The fourth-order valence-electron chi connectivity index (χ4n) is 3.03. The lowest BCUT2D eigenvalue weighted by Crippen LogP contribution is -2.18. The van der Waals surface area contributed by atoms with Crippen molar-refractivity contribution in [3.05, 3.63) is 23.9 Å². The average Bonchev–Trinajstić information content (AvgIpc) is 2.77. The van der Waals surface area contributed by atoms with Crippen LogP contribution in [0.25, 0.3) is 0 Å². The Morgan fingerprint density at radius 3 is 2.41 bits per heavy atom. The lowest BCUT2D eigenvalue weighted by atomic mass is 10.1. The zero-order valence-electron chi connectivity index (χ0n) is 10.7. The molecule has 0 unspecified atom stereocenters. The van der Waals surface area contributed by atoms with Gasteiger partial charge in [-0.2, -0.15) is 0 Å². The Morgan fingerprint density at radius 2 is 1.94 bits per heavy atom. The van der Waals surface area contributed by atoms with Crippen LogP contribution in [0.3, 0.4) is 0 Å². The van der Waals surface area contributed by atoms with Gasteiger partial charge in [-0.25, -0.2) is 4.98 Å². The van der Waals surface area contributed by atoms with Gasteiger partial charge in [-0.05, 0) is 29.9 Å². The fraction of sp³-hybridized carbons (Fsp3) is 0.643. The third kappa shape index (κ3) is 1.73. The first kappa shape index (κ1) is 11.0. The van der Waals surface area contributed by atoms with Crippen molar-refractivity contribution < 1.29 is 0 Å². The molecule has 1 saturated heterocycles. The molecule has 17 heavy (non-hydrogen) atoms. The van der Waals surface area contributed by atoms with E-state index in [-0.39, 0.29) is 5.41 Å². The topological polar surface area (TPSA) is 42.1 Å². The first-order chi connectivity index (χ1) is 8.10. The molecule has 1 saturated carbocycles. The summed E-state index contributed by atoms with van der Waals surface area (Å²) in [6.45, 7) is 6.77. The second-order valence-corrected chi connectivity index (χ2v) is 5.97. The number of pyridine rings is 1. The van der Waals surface area contributed by atoms with Gasteiger partial charge < -0.3 is 10.6 Å². The molecule has 1 aromatic heterocycles. The smallest absolute Gasteiger partial charge is 0.128 e. The summed E-state index contributed by atoms with van der Waals surface area (Å²) in [5.74, 6) is 1.61. The summed E-state index contributed by atoms with van der Waals surface area (Å²) in [5.41, 5.74) is 7.64. The lowest BCUT2D eigenvalue weighted by molar-refractivity contribution is 0.598. The zero-order valence-corrected chi connectivity index (χ0v) is 10.7. The molecule has 2 fully saturated rings. The molecule has 92 valence electrons. The normalized spacial score (nSPS) is 30.6. The van der Waals surface area contributed by atoms with Gasteiger partial charge in [-0.1, -0.05) is 19.9 Å². The maximum Gasteiger partial charge on any atom is 0.128 e. The van der Waals surface area contributed by atoms with Gasteiger partial charge in [0.1, 0.15) is 5.82 Å². The number of nitrogens with two attached hydrogens (primary N) is 1. The maximum absolute atomic E-state index is 6.10. The first-order valence-electron chi connectivity index (χ1n) is 6.57. The van der Waals surface area contributed by atoms with Crippen LogP contribution in [0.2, 0.25) is 0 Å². The minimum atomic E-state index is 0.247. The van der Waals surface area contributed by atoms with Crippen molar-refractivity contribution in [2.75, 3.05) is 18.0 Å². The van der Waals surface area contributed by atoms with E-state index >= 15 is 0 Å². The summed E-state index contributed by atoms with van der Waals surface area (Å²) in [4.78, 5) is 6.96. The predicted molar refractivity (Wildman–Crippen MR) is 70.2 cm³/mol. The van der Waals surface area contributed by atoms with Crippen molar-refractivity contribution in [1.82, 2.24) is 4.98 Å². The van der Waals surface area contributed by atoms with Crippen LogP contribution in [0.4, 0.5) is 5.82 Å². The van der Waals surface area contributed by atoms with E-state index in [2.05, 4.69) is 35.9 Å². The van der Waals surface area contributed by atoms with Gasteiger partial charge in [-0.3, -0.25) is 0 Å². The zero-order chi connectivity index (χ0) is 12.0. The Labute approximate surface area is 103 Å².